The molecular weight excluding hydrogens is 270 g/mol. The molecule has 1 rings (SSSR count). The molecule has 0 aliphatic rings. The first-order valence-corrected chi connectivity index (χ1v) is 7.49. The minimum atomic E-state index is -3.52. The van der Waals surface area contributed by atoms with Crippen molar-refractivity contribution in [3.05, 3.63) is 29.8 Å². The number of esters is 1. The maximum atomic E-state index is 11.6. The molecule has 0 radical (unpaired) electrons. The van der Waals surface area contributed by atoms with E-state index in [0.717, 1.165) is 5.56 Å². The maximum absolute atomic E-state index is 11.6. The molecule has 0 spiro atoms. The van der Waals surface area contributed by atoms with Gasteiger partial charge in [-0.1, -0.05) is 12.1 Å². The standard InChI is InChI=1S/C12H17NO5S/c1-2-18-12(15)7-8-19(16,17)13-9-10-3-5-11(14)6-4-10/h3-6,13-14H,2,7-9H2,1H3. The molecular formula is C12H17NO5S. The molecule has 0 bridgehead atoms. The van der Waals surface area contributed by atoms with Gasteiger partial charge in [0.1, 0.15) is 5.75 Å². The number of aromatic hydroxyl groups is 1. The average Bonchev–Trinajstić information content (AvgIpc) is 2.36. The highest BCUT2D eigenvalue weighted by atomic mass is 32.2. The highest BCUT2D eigenvalue weighted by Gasteiger charge is 2.13. The molecule has 0 heterocycles. The van der Waals surface area contributed by atoms with Crippen LogP contribution in [-0.4, -0.2) is 31.9 Å². The van der Waals surface area contributed by atoms with Gasteiger partial charge in [0.05, 0.1) is 18.8 Å². The summed E-state index contributed by atoms with van der Waals surface area (Å²) in [7, 11) is -3.52. The third-order valence-electron chi connectivity index (χ3n) is 2.31. The third kappa shape index (κ3) is 6.21. The van der Waals surface area contributed by atoms with Crippen LogP contribution in [0.1, 0.15) is 18.9 Å². The molecule has 0 aliphatic heterocycles. The monoisotopic (exact) mass is 287 g/mol. The van der Waals surface area contributed by atoms with E-state index >= 15 is 0 Å². The normalized spacial score (nSPS) is 11.2. The van der Waals surface area contributed by atoms with Gasteiger partial charge in [-0.15, -0.1) is 0 Å². The van der Waals surface area contributed by atoms with Crippen molar-refractivity contribution in [2.24, 2.45) is 0 Å². The molecule has 0 unspecified atom stereocenters. The van der Waals surface area contributed by atoms with Gasteiger partial charge in [0.2, 0.25) is 10.0 Å². The van der Waals surface area contributed by atoms with Gasteiger partial charge in [-0.3, -0.25) is 4.79 Å². The van der Waals surface area contributed by atoms with Crippen molar-refractivity contribution in [3.63, 3.8) is 0 Å². The van der Waals surface area contributed by atoms with Crippen LogP contribution < -0.4 is 4.72 Å². The van der Waals surface area contributed by atoms with E-state index in [1.165, 1.54) is 12.1 Å². The Bertz CT molecular complexity index is 509. The lowest BCUT2D eigenvalue weighted by molar-refractivity contribution is -0.142. The van der Waals surface area contributed by atoms with E-state index in [1.807, 2.05) is 0 Å². The third-order valence-corrected chi connectivity index (χ3v) is 3.64. The fraction of sp³-hybridized carbons (Fsp3) is 0.417. The summed E-state index contributed by atoms with van der Waals surface area (Å²) in [6.45, 7) is 2.01. The van der Waals surface area contributed by atoms with E-state index in [4.69, 9.17) is 5.11 Å². The smallest absolute Gasteiger partial charge is 0.306 e. The number of sulfonamides is 1. The summed E-state index contributed by atoms with van der Waals surface area (Å²) < 4.78 is 30.3. The van der Waals surface area contributed by atoms with Crippen molar-refractivity contribution in [1.29, 1.82) is 0 Å². The summed E-state index contributed by atoms with van der Waals surface area (Å²) in [6.07, 6.45) is -0.168. The molecule has 6 nitrogen and oxygen atoms in total. The zero-order valence-corrected chi connectivity index (χ0v) is 11.4. The van der Waals surface area contributed by atoms with Crippen LogP contribution in [-0.2, 0) is 26.1 Å². The fourth-order valence-corrected chi connectivity index (χ4v) is 2.30. The van der Waals surface area contributed by atoms with Crippen LogP contribution in [0.4, 0.5) is 0 Å². The lowest BCUT2D eigenvalue weighted by Gasteiger charge is -2.06. The van der Waals surface area contributed by atoms with Crippen LogP contribution in [0.25, 0.3) is 0 Å². The Labute approximate surface area is 112 Å². The van der Waals surface area contributed by atoms with E-state index in [1.54, 1.807) is 19.1 Å². The van der Waals surface area contributed by atoms with Gasteiger partial charge >= 0.3 is 5.97 Å². The molecule has 19 heavy (non-hydrogen) atoms. The van der Waals surface area contributed by atoms with Gasteiger partial charge in [0, 0.05) is 6.54 Å². The number of carbonyl (C=O) groups is 1. The number of carbonyl (C=O) groups excluding carboxylic acids is 1. The van der Waals surface area contributed by atoms with E-state index < -0.39 is 16.0 Å². The van der Waals surface area contributed by atoms with Crippen LogP contribution in [0.15, 0.2) is 24.3 Å². The zero-order valence-electron chi connectivity index (χ0n) is 10.6. The summed E-state index contributed by atoms with van der Waals surface area (Å²) in [5, 5.41) is 9.09. The first-order chi connectivity index (χ1) is 8.93. The molecule has 0 atom stereocenters. The number of benzene rings is 1. The molecule has 2 N–H and O–H groups in total. The number of hydrogen-bond acceptors (Lipinski definition) is 5. The Morgan fingerprint density at radius 1 is 1.32 bits per heavy atom. The van der Waals surface area contributed by atoms with E-state index in [2.05, 4.69) is 9.46 Å². The highest BCUT2D eigenvalue weighted by molar-refractivity contribution is 7.89. The number of nitrogens with one attached hydrogen (secondary N) is 1. The Hall–Kier alpha value is -1.60. The van der Waals surface area contributed by atoms with E-state index in [-0.39, 0.29) is 31.1 Å². The van der Waals surface area contributed by atoms with Gasteiger partial charge in [-0.2, -0.15) is 0 Å². The molecule has 0 saturated heterocycles. The lowest BCUT2D eigenvalue weighted by atomic mass is 10.2. The van der Waals surface area contributed by atoms with Crippen LogP contribution in [0.5, 0.6) is 5.75 Å². The lowest BCUT2D eigenvalue weighted by Crippen LogP contribution is -2.27. The van der Waals surface area contributed by atoms with Gasteiger partial charge in [0.25, 0.3) is 0 Å². The zero-order chi connectivity index (χ0) is 14.3. The van der Waals surface area contributed by atoms with Crippen molar-refractivity contribution < 1.29 is 23.1 Å². The number of rotatable bonds is 7. The molecule has 0 saturated carbocycles. The van der Waals surface area contributed by atoms with Crippen molar-refractivity contribution in [2.75, 3.05) is 12.4 Å². The average molecular weight is 287 g/mol. The van der Waals surface area contributed by atoms with Crippen molar-refractivity contribution >= 4 is 16.0 Å². The summed E-state index contributed by atoms with van der Waals surface area (Å²) in [6, 6.07) is 6.18. The highest BCUT2D eigenvalue weighted by Crippen LogP contribution is 2.09. The topological polar surface area (TPSA) is 92.7 Å². The molecule has 1 aromatic rings. The fourth-order valence-electron chi connectivity index (χ4n) is 1.33. The minimum absolute atomic E-state index is 0.117. The maximum Gasteiger partial charge on any atom is 0.306 e. The Morgan fingerprint density at radius 2 is 1.95 bits per heavy atom. The summed E-state index contributed by atoms with van der Waals surface area (Å²) in [5.74, 6) is -0.712. The molecule has 1 aromatic carbocycles. The van der Waals surface area contributed by atoms with Gasteiger partial charge in [-0.25, -0.2) is 13.1 Å². The van der Waals surface area contributed by atoms with Gasteiger partial charge in [0.15, 0.2) is 0 Å². The number of hydrogen-bond donors (Lipinski definition) is 2. The molecule has 7 heteroatoms. The predicted molar refractivity (Wildman–Crippen MR) is 70.0 cm³/mol. The predicted octanol–water partition coefficient (Wildman–Crippen LogP) is 0.765. The number of phenolic OH excluding ortho intramolecular Hbond substituents is 1. The van der Waals surface area contributed by atoms with Crippen molar-refractivity contribution in [2.45, 2.75) is 19.9 Å². The molecule has 0 amide bonds. The Morgan fingerprint density at radius 3 is 2.53 bits per heavy atom. The van der Waals surface area contributed by atoms with E-state index in [0.29, 0.717) is 0 Å². The molecule has 0 aliphatic carbocycles. The van der Waals surface area contributed by atoms with Crippen LogP contribution in [0.3, 0.4) is 0 Å². The molecule has 106 valence electrons. The summed E-state index contributed by atoms with van der Waals surface area (Å²) in [5.41, 5.74) is 0.720. The SMILES string of the molecule is CCOC(=O)CCS(=O)(=O)NCc1ccc(O)cc1. The minimum Gasteiger partial charge on any atom is -0.508 e. The Balaban J connectivity index is 2.42. The van der Waals surface area contributed by atoms with E-state index in [9.17, 15) is 13.2 Å². The summed E-state index contributed by atoms with van der Waals surface area (Å²) in [4.78, 5) is 11.1. The van der Waals surface area contributed by atoms with Gasteiger partial charge in [-0.05, 0) is 24.6 Å². The van der Waals surface area contributed by atoms with Crippen molar-refractivity contribution in [3.8, 4) is 5.75 Å². The second-order valence-corrected chi connectivity index (χ2v) is 5.79. The summed E-state index contributed by atoms with van der Waals surface area (Å²) >= 11 is 0. The number of phenols is 1. The van der Waals surface area contributed by atoms with Gasteiger partial charge < -0.3 is 9.84 Å². The largest absolute Gasteiger partial charge is 0.508 e. The molecule has 0 fully saturated rings. The van der Waals surface area contributed by atoms with Crippen LogP contribution in [0.2, 0.25) is 0 Å². The first kappa shape index (κ1) is 15.5. The quantitative estimate of drug-likeness (QED) is 0.722. The van der Waals surface area contributed by atoms with Crippen LogP contribution in [0, 0.1) is 0 Å². The molecule has 0 aromatic heterocycles. The second-order valence-electron chi connectivity index (χ2n) is 3.86. The van der Waals surface area contributed by atoms with Crippen LogP contribution >= 0.6 is 0 Å². The first-order valence-electron chi connectivity index (χ1n) is 5.84. The van der Waals surface area contributed by atoms with Crippen molar-refractivity contribution in [1.82, 2.24) is 4.72 Å². The second kappa shape index (κ2) is 7.10. The Kier molecular flexibility index (Phi) is 5.78. The number of ether oxygens (including phenoxy) is 1.